The maximum absolute atomic E-state index is 9.43. The van der Waals surface area contributed by atoms with Gasteiger partial charge in [-0.25, -0.2) is 0 Å². The first-order valence-electron chi connectivity index (χ1n) is 4.18. The largest absolute Gasteiger partial charge is 2.00 e. The monoisotopic (exact) mass is 231 g/mol. The van der Waals surface area contributed by atoms with Crippen molar-refractivity contribution in [1.29, 1.82) is 0 Å². The zero-order chi connectivity index (χ0) is 12.1. The van der Waals surface area contributed by atoms with E-state index in [-0.39, 0.29) is 29.2 Å². The van der Waals surface area contributed by atoms with Crippen LogP contribution >= 0.6 is 0 Å². The smallest absolute Gasteiger partial charge is 0.481 e. The molecule has 0 radical (unpaired) electrons. The van der Waals surface area contributed by atoms with E-state index in [9.17, 15) is 9.59 Å². The van der Waals surface area contributed by atoms with Crippen LogP contribution in [0.15, 0.2) is 0 Å². The number of carboxylic acid groups (broad SMARTS) is 2. The molecule has 0 unspecified atom stereocenters. The summed E-state index contributed by atoms with van der Waals surface area (Å²) in [6.07, 6.45) is 0.0278. The minimum atomic E-state index is -1.31. The van der Waals surface area contributed by atoms with Crippen LogP contribution in [0.1, 0.15) is 33.6 Å². The number of hydrogen-bond acceptors (Lipinski definition) is 3. The van der Waals surface area contributed by atoms with Gasteiger partial charge < -0.3 is 22.2 Å². The van der Waals surface area contributed by atoms with Crippen molar-refractivity contribution >= 4 is 35.0 Å². The van der Waals surface area contributed by atoms with Gasteiger partial charge in [-0.1, -0.05) is 6.92 Å². The van der Waals surface area contributed by atoms with Gasteiger partial charge in [-0.15, -0.1) is 0 Å². The summed E-state index contributed by atoms with van der Waals surface area (Å²) in [5, 5.41) is 23.5. The van der Waals surface area contributed by atoms with E-state index in [1.165, 1.54) is 0 Å². The third kappa shape index (κ3) is 138. The Kier molecular flexibility index (Phi) is 30.9. The summed E-state index contributed by atoms with van der Waals surface area (Å²) in [6.45, 7) is 8.94. The average Bonchev–Trinajstić information content (AvgIpc) is 1.82. The van der Waals surface area contributed by atoms with Crippen LogP contribution in [0.25, 0.3) is 0 Å². The van der Waals surface area contributed by atoms with E-state index in [0.29, 0.717) is 0 Å². The summed E-state index contributed by atoms with van der Waals surface area (Å²) < 4.78 is 0. The molecule has 0 bridgehead atoms. The Labute approximate surface area is 107 Å². The van der Waals surface area contributed by atoms with Gasteiger partial charge in [0.25, 0.3) is 0 Å². The molecule has 0 amide bonds. The zero-order valence-corrected chi connectivity index (χ0v) is 11.0. The van der Waals surface area contributed by atoms with Gasteiger partial charge in [0.2, 0.25) is 0 Å². The van der Waals surface area contributed by atoms with Gasteiger partial charge in [0.1, 0.15) is 6.42 Å². The van der Waals surface area contributed by atoms with Gasteiger partial charge in [-0.05, 0) is 13.8 Å². The Morgan fingerprint density at radius 3 is 1.33 bits per heavy atom. The van der Waals surface area contributed by atoms with Crippen molar-refractivity contribution in [1.82, 2.24) is 0 Å². The first-order valence-corrected chi connectivity index (χ1v) is 4.18. The number of aliphatic hydroxyl groups is 1. The van der Waals surface area contributed by atoms with Gasteiger partial charge in [0, 0.05) is 6.10 Å². The average molecular weight is 232 g/mol. The quantitative estimate of drug-likeness (QED) is 0.371. The Bertz CT molecular complexity index is 133. The molecule has 0 fully saturated rings. The second kappa shape index (κ2) is 19.3. The molecule has 0 aromatic carbocycles. The minimum absolute atomic E-state index is 0. The van der Waals surface area contributed by atoms with Crippen LogP contribution in [0.5, 0.6) is 0 Å². The number of carbonyl (C=O) groups is 2. The minimum Gasteiger partial charge on any atom is -0.481 e. The number of aliphatic hydroxyl groups excluding tert-OH is 1. The second-order valence-corrected chi connectivity index (χ2v) is 2.56. The molecule has 0 spiro atoms. The van der Waals surface area contributed by atoms with E-state index >= 15 is 0 Å². The molecule has 0 saturated heterocycles. The van der Waals surface area contributed by atoms with E-state index in [1.807, 2.05) is 6.92 Å². The molecule has 0 aromatic rings. The summed E-state index contributed by atoms with van der Waals surface area (Å²) in [5.41, 5.74) is 0. The maximum Gasteiger partial charge on any atom is 2.00 e. The molecular formula is C9H19MgO5+. The Hall–Kier alpha value is -0.334. The summed E-state index contributed by atoms with van der Waals surface area (Å²) in [4.78, 5) is 18.9. The third-order valence-corrected chi connectivity index (χ3v) is 0.302. The molecule has 86 valence electrons. The summed E-state index contributed by atoms with van der Waals surface area (Å²) in [5.74, 6) is -2.62. The number of carboxylic acids is 2. The molecule has 15 heavy (non-hydrogen) atoms. The molecule has 0 heterocycles. The molecule has 3 N–H and O–H groups in total. The number of aliphatic carboxylic acids is 2. The van der Waals surface area contributed by atoms with Crippen LogP contribution < -0.4 is 0 Å². The van der Waals surface area contributed by atoms with E-state index in [1.54, 1.807) is 13.8 Å². The van der Waals surface area contributed by atoms with E-state index in [0.717, 1.165) is 6.42 Å². The van der Waals surface area contributed by atoms with Gasteiger partial charge >= 0.3 is 35.0 Å². The van der Waals surface area contributed by atoms with Crippen LogP contribution in [-0.4, -0.2) is 56.4 Å². The Morgan fingerprint density at radius 2 is 1.33 bits per heavy atom. The molecular weight excluding hydrogens is 212 g/mol. The molecule has 0 aliphatic heterocycles. The van der Waals surface area contributed by atoms with Crippen LogP contribution in [0.2, 0.25) is 0 Å². The SMILES string of the molecule is CC(C)O.O=C(O)CC(=O)O.[CH2-]CC.[Mg+2]. The van der Waals surface area contributed by atoms with E-state index < -0.39 is 18.4 Å². The normalized spacial score (nSPS) is 7.33. The van der Waals surface area contributed by atoms with E-state index in [4.69, 9.17) is 15.3 Å². The molecule has 6 heteroatoms. The van der Waals surface area contributed by atoms with Crippen LogP contribution in [0, 0.1) is 6.92 Å². The summed E-state index contributed by atoms with van der Waals surface area (Å²) in [6, 6.07) is 0. The van der Waals surface area contributed by atoms with Crippen molar-refractivity contribution < 1.29 is 24.9 Å². The molecule has 0 aliphatic carbocycles. The molecule has 0 aromatic heterocycles. The van der Waals surface area contributed by atoms with Crippen LogP contribution in [0.4, 0.5) is 0 Å². The number of hydrogen-bond donors (Lipinski definition) is 3. The number of rotatable bonds is 2. The fourth-order valence-electron chi connectivity index (χ4n) is 0.129. The molecule has 0 rings (SSSR count). The predicted molar refractivity (Wildman–Crippen MR) is 58.6 cm³/mol. The first kappa shape index (κ1) is 24.1. The van der Waals surface area contributed by atoms with Crippen LogP contribution in [0.3, 0.4) is 0 Å². The maximum atomic E-state index is 9.43. The van der Waals surface area contributed by atoms with Gasteiger partial charge in [-0.2, -0.15) is 6.42 Å². The van der Waals surface area contributed by atoms with Crippen molar-refractivity contribution in [2.45, 2.75) is 39.7 Å². The van der Waals surface area contributed by atoms with Gasteiger partial charge in [-0.3, -0.25) is 9.59 Å². The Balaban J connectivity index is -0.0000000654. The summed E-state index contributed by atoms with van der Waals surface area (Å²) in [7, 11) is 0. The fourth-order valence-corrected chi connectivity index (χ4v) is 0.129. The first-order chi connectivity index (χ1) is 6.27. The molecule has 0 atom stereocenters. The van der Waals surface area contributed by atoms with Crippen molar-refractivity contribution in [2.75, 3.05) is 0 Å². The van der Waals surface area contributed by atoms with Crippen molar-refractivity contribution in [3.8, 4) is 0 Å². The fraction of sp³-hybridized carbons (Fsp3) is 0.667. The third-order valence-electron chi connectivity index (χ3n) is 0.302. The predicted octanol–water partition coefficient (Wildman–Crippen LogP) is 0.782. The van der Waals surface area contributed by atoms with E-state index in [2.05, 4.69) is 6.92 Å². The zero-order valence-electron chi connectivity index (χ0n) is 9.56. The van der Waals surface area contributed by atoms with Crippen LogP contribution in [-0.2, 0) is 9.59 Å². The molecule has 0 saturated carbocycles. The molecule has 5 nitrogen and oxygen atoms in total. The topological polar surface area (TPSA) is 94.8 Å². The Morgan fingerprint density at radius 1 is 1.20 bits per heavy atom. The summed E-state index contributed by atoms with van der Waals surface area (Å²) >= 11 is 0. The van der Waals surface area contributed by atoms with Crippen molar-refractivity contribution in [3.05, 3.63) is 6.92 Å². The van der Waals surface area contributed by atoms with Gasteiger partial charge in [0.05, 0.1) is 0 Å². The standard InChI is InChI=1S/C3H4O4.C3H8O.C3H7.Mg/c4-2(5)1-3(6)7;1-3(2)4;1-3-2;/h1H2,(H,4,5)(H,6,7);3-4H,1-2H3;1,3H2,2H3;/q;;-1;+2. The van der Waals surface area contributed by atoms with Crippen molar-refractivity contribution in [2.24, 2.45) is 0 Å². The second-order valence-electron chi connectivity index (χ2n) is 2.56. The molecule has 0 aliphatic rings. The van der Waals surface area contributed by atoms with Crippen molar-refractivity contribution in [3.63, 3.8) is 0 Å². The van der Waals surface area contributed by atoms with Gasteiger partial charge in [0.15, 0.2) is 0 Å².